The number of fused-ring (bicyclic) bond motifs is 9. The second-order valence-electron chi connectivity index (χ2n) is 15.6. The highest BCUT2D eigenvalue weighted by atomic mass is 14.4. The lowest BCUT2D eigenvalue weighted by molar-refractivity contribution is 0.666. The Hall–Kier alpha value is -6.76. The van der Waals surface area contributed by atoms with E-state index in [4.69, 9.17) is 0 Å². The highest BCUT2D eigenvalue weighted by Crippen LogP contribution is 2.52. The van der Waals surface area contributed by atoms with Gasteiger partial charge in [0.2, 0.25) is 0 Å². The standard InChI is InChI=1S/C55H38/c1-55(2)50-25-11-10-22-45(50)48-30-28-41-33-40(27-29-44(41)54(48)55)38-18-12-17-37(32-38)39-19-13-20-42(34-39)51-46-23-8-9-24-47(46)52(36-15-4-3-5-16-36)53-43-21-7-6-14-35(43)26-31-49(51)53/h3-34H,1-2H3. The molecule has 1 aliphatic rings. The van der Waals surface area contributed by atoms with Crippen molar-refractivity contribution in [1.29, 1.82) is 0 Å². The third-order valence-electron chi connectivity index (χ3n) is 12.2. The van der Waals surface area contributed by atoms with Crippen molar-refractivity contribution in [2.45, 2.75) is 19.3 Å². The topological polar surface area (TPSA) is 0 Å². The fraction of sp³-hybridized carbons (Fsp3) is 0.0545. The minimum Gasteiger partial charge on any atom is -0.0622 e. The fourth-order valence-corrected chi connectivity index (χ4v) is 9.70. The SMILES string of the molecule is CC1(C)c2ccccc2-c2ccc3cc(-c4cccc(-c5cccc(-c6c7ccccc7c(-c7ccccc7)c7c6ccc6ccccc67)c5)c4)ccc3c21. The van der Waals surface area contributed by atoms with Crippen molar-refractivity contribution < 1.29 is 0 Å². The molecule has 0 spiro atoms. The molecule has 0 heterocycles. The van der Waals surface area contributed by atoms with Crippen molar-refractivity contribution in [1.82, 2.24) is 0 Å². The predicted octanol–water partition coefficient (Wildman–Crippen LogP) is 15.3. The molecular formula is C55H38. The lowest BCUT2D eigenvalue weighted by atomic mass is 9.80. The van der Waals surface area contributed by atoms with Gasteiger partial charge in [-0.15, -0.1) is 0 Å². The van der Waals surface area contributed by atoms with E-state index in [1.54, 1.807) is 0 Å². The Balaban J connectivity index is 1.05. The van der Waals surface area contributed by atoms with Crippen LogP contribution in [0.25, 0.3) is 98.7 Å². The van der Waals surface area contributed by atoms with Crippen molar-refractivity contribution in [3.05, 3.63) is 205 Å². The molecule has 0 saturated heterocycles. The van der Waals surface area contributed by atoms with Gasteiger partial charge in [0.15, 0.2) is 0 Å². The summed E-state index contributed by atoms with van der Waals surface area (Å²) >= 11 is 0. The van der Waals surface area contributed by atoms with Crippen LogP contribution in [-0.2, 0) is 5.41 Å². The summed E-state index contributed by atoms with van der Waals surface area (Å²) < 4.78 is 0. The zero-order valence-electron chi connectivity index (χ0n) is 31.0. The molecule has 0 amide bonds. The molecule has 55 heavy (non-hydrogen) atoms. The molecule has 0 N–H and O–H groups in total. The van der Waals surface area contributed by atoms with Gasteiger partial charge in [-0.25, -0.2) is 0 Å². The van der Waals surface area contributed by atoms with Crippen LogP contribution < -0.4 is 0 Å². The Bertz CT molecular complexity index is 3160. The van der Waals surface area contributed by atoms with Crippen molar-refractivity contribution in [2.24, 2.45) is 0 Å². The maximum absolute atomic E-state index is 2.39. The molecule has 10 aromatic rings. The van der Waals surface area contributed by atoms with Gasteiger partial charge in [0, 0.05) is 5.41 Å². The van der Waals surface area contributed by atoms with Crippen LogP contribution in [0.15, 0.2) is 194 Å². The van der Waals surface area contributed by atoms with Crippen molar-refractivity contribution in [3.8, 4) is 55.6 Å². The zero-order valence-corrected chi connectivity index (χ0v) is 31.0. The monoisotopic (exact) mass is 698 g/mol. The minimum absolute atomic E-state index is 0.0382. The third-order valence-corrected chi connectivity index (χ3v) is 12.2. The molecule has 0 fully saturated rings. The van der Waals surface area contributed by atoms with E-state index in [2.05, 4.69) is 208 Å². The van der Waals surface area contributed by atoms with E-state index < -0.39 is 0 Å². The summed E-state index contributed by atoms with van der Waals surface area (Å²) in [6.07, 6.45) is 0. The highest BCUT2D eigenvalue weighted by molar-refractivity contribution is 6.28. The highest BCUT2D eigenvalue weighted by Gasteiger charge is 2.36. The molecule has 0 saturated carbocycles. The molecule has 0 nitrogen and oxygen atoms in total. The quantitative estimate of drug-likeness (QED) is 0.127. The summed E-state index contributed by atoms with van der Waals surface area (Å²) in [7, 11) is 0. The van der Waals surface area contributed by atoms with Crippen LogP contribution in [0.2, 0.25) is 0 Å². The molecule has 0 aromatic heterocycles. The van der Waals surface area contributed by atoms with Crippen molar-refractivity contribution >= 4 is 43.1 Å². The molecule has 0 aliphatic heterocycles. The average Bonchev–Trinajstić information content (AvgIpc) is 3.49. The van der Waals surface area contributed by atoms with E-state index >= 15 is 0 Å². The molecule has 0 heteroatoms. The van der Waals surface area contributed by atoms with Gasteiger partial charge in [-0.3, -0.25) is 0 Å². The van der Waals surface area contributed by atoms with Crippen LogP contribution in [0.1, 0.15) is 25.0 Å². The van der Waals surface area contributed by atoms with Crippen LogP contribution in [-0.4, -0.2) is 0 Å². The van der Waals surface area contributed by atoms with Gasteiger partial charge in [-0.1, -0.05) is 190 Å². The summed E-state index contributed by atoms with van der Waals surface area (Å²) in [6.45, 7) is 4.74. The number of hydrogen-bond acceptors (Lipinski definition) is 0. The van der Waals surface area contributed by atoms with Gasteiger partial charge in [-0.05, 0) is 128 Å². The first-order valence-corrected chi connectivity index (χ1v) is 19.3. The first-order chi connectivity index (χ1) is 27.0. The van der Waals surface area contributed by atoms with Crippen LogP contribution in [0.5, 0.6) is 0 Å². The normalized spacial score (nSPS) is 13.1. The van der Waals surface area contributed by atoms with E-state index in [9.17, 15) is 0 Å². The van der Waals surface area contributed by atoms with Crippen LogP contribution in [0.3, 0.4) is 0 Å². The molecule has 0 bridgehead atoms. The molecule has 11 rings (SSSR count). The Morgan fingerprint density at radius 2 is 0.873 bits per heavy atom. The predicted molar refractivity (Wildman–Crippen MR) is 236 cm³/mol. The molecule has 0 atom stereocenters. The third kappa shape index (κ3) is 4.85. The van der Waals surface area contributed by atoms with E-state index in [1.165, 1.54) is 110 Å². The summed E-state index contributed by atoms with van der Waals surface area (Å²) in [5, 5.41) is 10.3. The number of rotatable bonds is 4. The maximum Gasteiger partial charge on any atom is 0.0165 e. The molecular weight excluding hydrogens is 661 g/mol. The minimum atomic E-state index is -0.0382. The lowest BCUT2D eigenvalue weighted by Crippen LogP contribution is -2.15. The van der Waals surface area contributed by atoms with Crippen molar-refractivity contribution in [3.63, 3.8) is 0 Å². The Labute approximate surface area is 322 Å². The number of hydrogen-bond donors (Lipinski definition) is 0. The summed E-state index contributed by atoms with van der Waals surface area (Å²) in [5.41, 5.74) is 15.5. The van der Waals surface area contributed by atoms with E-state index in [1.807, 2.05) is 0 Å². The van der Waals surface area contributed by atoms with Crippen molar-refractivity contribution in [2.75, 3.05) is 0 Å². The van der Waals surface area contributed by atoms with Gasteiger partial charge >= 0.3 is 0 Å². The second-order valence-corrected chi connectivity index (χ2v) is 15.6. The van der Waals surface area contributed by atoms with Gasteiger partial charge in [-0.2, -0.15) is 0 Å². The summed E-state index contributed by atoms with van der Waals surface area (Å²) in [4.78, 5) is 0. The Morgan fingerprint density at radius 1 is 0.309 bits per heavy atom. The largest absolute Gasteiger partial charge is 0.0622 e. The fourth-order valence-electron chi connectivity index (χ4n) is 9.70. The Morgan fingerprint density at radius 3 is 1.65 bits per heavy atom. The van der Waals surface area contributed by atoms with Crippen LogP contribution >= 0.6 is 0 Å². The van der Waals surface area contributed by atoms with Gasteiger partial charge in [0.25, 0.3) is 0 Å². The number of benzene rings is 10. The zero-order chi connectivity index (χ0) is 36.7. The Kier molecular flexibility index (Phi) is 7.00. The second kappa shape index (κ2) is 12.1. The van der Waals surface area contributed by atoms with E-state index in [0.717, 1.165) is 0 Å². The van der Waals surface area contributed by atoms with Gasteiger partial charge in [0.1, 0.15) is 0 Å². The first kappa shape index (κ1) is 31.7. The van der Waals surface area contributed by atoms with E-state index in [0.29, 0.717) is 0 Å². The molecule has 1 aliphatic carbocycles. The smallest absolute Gasteiger partial charge is 0.0165 e. The molecule has 258 valence electrons. The lowest BCUT2D eigenvalue weighted by Gasteiger charge is -2.23. The van der Waals surface area contributed by atoms with Gasteiger partial charge in [0.05, 0.1) is 0 Å². The van der Waals surface area contributed by atoms with E-state index in [-0.39, 0.29) is 5.41 Å². The summed E-state index contributed by atoms with van der Waals surface area (Å²) in [6, 6.07) is 72.1. The molecule has 0 unspecified atom stereocenters. The first-order valence-electron chi connectivity index (χ1n) is 19.3. The molecule has 0 radical (unpaired) electrons. The average molecular weight is 699 g/mol. The maximum atomic E-state index is 2.39. The van der Waals surface area contributed by atoms with Gasteiger partial charge < -0.3 is 0 Å². The summed E-state index contributed by atoms with van der Waals surface area (Å²) in [5.74, 6) is 0. The van der Waals surface area contributed by atoms with Crippen LogP contribution in [0.4, 0.5) is 0 Å². The molecule has 10 aromatic carbocycles. The van der Waals surface area contributed by atoms with Crippen LogP contribution in [0, 0.1) is 0 Å².